The van der Waals surface area contributed by atoms with Gasteiger partial charge >= 0.3 is 0 Å². The summed E-state index contributed by atoms with van der Waals surface area (Å²) in [6.45, 7) is 2.12. The molecule has 0 saturated carbocycles. The highest BCUT2D eigenvalue weighted by Gasteiger charge is 2.17. The maximum absolute atomic E-state index is 11.8. The summed E-state index contributed by atoms with van der Waals surface area (Å²) in [6, 6.07) is 7.72. The van der Waals surface area contributed by atoms with Crippen LogP contribution in [0.4, 0.5) is 5.69 Å². The number of amides is 2. The SMILES string of the molecule is CNCCC(=O)Nc1cccc(CN2CCCCC2=O)c1.Cl. The fourth-order valence-corrected chi connectivity index (χ4v) is 2.46. The van der Waals surface area contributed by atoms with Gasteiger partial charge in [0.1, 0.15) is 0 Å². The summed E-state index contributed by atoms with van der Waals surface area (Å²) in [7, 11) is 1.82. The molecule has 1 saturated heterocycles. The number of carbonyl (C=O) groups excluding carboxylic acids is 2. The zero-order chi connectivity index (χ0) is 15.1. The number of halogens is 1. The molecule has 0 aromatic heterocycles. The van der Waals surface area contributed by atoms with E-state index in [-0.39, 0.29) is 24.2 Å². The lowest BCUT2D eigenvalue weighted by molar-refractivity contribution is -0.133. The van der Waals surface area contributed by atoms with Crippen molar-refractivity contribution in [1.82, 2.24) is 10.2 Å². The minimum atomic E-state index is -0.00412. The third-order valence-corrected chi connectivity index (χ3v) is 3.61. The van der Waals surface area contributed by atoms with E-state index in [2.05, 4.69) is 10.6 Å². The van der Waals surface area contributed by atoms with Gasteiger partial charge < -0.3 is 15.5 Å². The molecule has 22 heavy (non-hydrogen) atoms. The predicted molar refractivity (Wildman–Crippen MR) is 90.1 cm³/mol. The third-order valence-electron chi connectivity index (χ3n) is 3.61. The van der Waals surface area contributed by atoms with Crippen molar-refractivity contribution < 1.29 is 9.59 Å². The lowest BCUT2D eigenvalue weighted by Gasteiger charge is -2.26. The number of piperidine rings is 1. The van der Waals surface area contributed by atoms with E-state index in [1.165, 1.54) is 0 Å². The van der Waals surface area contributed by atoms with Gasteiger partial charge in [-0.25, -0.2) is 0 Å². The lowest BCUT2D eigenvalue weighted by atomic mass is 10.1. The summed E-state index contributed by atoms with van der Waals surface area (Å²) in [4.78, 5) is 25.4. The Hall–Kier alpha value is -1.59. The van der Waals surface area contributed by atoms with Crippen LogP contribution >= 0.6 is 12.4 Å². The molecular weight excluding hydrogens is 302 g/mol. The average molecular weight is 326 g/mol. The number of nitrogens with one attached hydrogen (secondary N) is 2. The highest BCUT2D eigenvalue weighted by Crippen LogP contribution is 2.17. The van der Waals surface area contributed by atoms with Crippen molar-refractivity contribution in [3.63, 3.8) is 0 Å². The summed E-state index contributed by atoms with van der Waals surface area (Å²) in [5, 5.41) is 5.83. The number of hydrogen-bond donors (Lipinski definition) is 2. The van der Waals surface area contributed by atoms with Crippen LogP contribution in [0.25, 0.3) is 0 Å². The molecule has 1 heterocycles. The summed E-state index contributed by atoms with van der Waals surface area (Å²) >= 11 is 0. The molecule has 1 aliphatic rings. The van der Waals surface area contributed by atoms with Crippen LogP contribution in [0.5, 0.6) is 0 Å². The molecule has 6 heteroatoms. The van der Waals surface area contributed by atoms with Crippen molar-refractivity contribution in [2.45, 2.75) is 32.2 Å². The summed E-state index contributed by atoms with van der Waals surface area (Å²) < 4.78 is 0. The molecule has 2 amide bonds. The Morgan fingerprint density at radius 3 is 2.86 bits per heavy atom. The monoisotopic (exact) mass is 325 g/mol. The van der Waals surface area contributed by atoms with Gasteiger partial charge in [0.15, 0.2) is 0 Å². The van der Waals surface area contributed by atoms with E-state index in [1.807, 2.05) is 36.2 Å². The molecule has 2 rings (SSSR count). The standard InChI is InChI=1S/C16H23N3O2.ClH/c1-17-9-8-15(20)18-14-6-4-5-13(11-14)12-19-10-3-2-7-16(19)21;/h4-6,11,17H,2-3,7-10,12H2,1H3,(H,18,20);1H. The Kier molecular flexibility index (Phi) is 7.91. The van der Waals surface area contributed by atoms with Gasteiger partial charge in [-0.3, -0.25) is 9.59 Å². The first-order chi connectivity index (χ1) is 10.2. The zero-order valence-corrected chi connectivity index (χ0v) is 13.7. The average Bonchev–Trinajstić information content (AvgIpc) is 2.48. The van der Waals surface area contributed by atoms with E-state index >= 15 is 0 Å². The topological polar surface area (TPSA) is 61.4 Å². The quantitative estimate of drug-likeness (QED) is 0.842. The van der Waals surface area contributed by atoms with Gasteiger partial charge in [0.05, 0.1) is 0 Å². The Morgan fingerprint density at radius 2 is 2.14 bits per heavy atom. The molecule has 0 radical (unpaired) electrons. The molecule has 122 valence electrons. The van der Waals surface area contributed by atoms with E-state index in [4.69, 9.17) is 0 Å². The maximum Gasteiger partial charge on any atom is 0.225 e. The van der Waals surface area contributed by atoms with Crippen LogP contribution in [0.15, 0.2) is 24.3 Å². The van der Waals surface area contributed by atoms with Crippen LogP contribution in [-0.2, 0) is 16.1 Å². The van der Waals surface area contributed by atoms with Gasteiger partial charge in [0, 0.05) is 38.2 Å². The molecule has 1 aromatic carbocycles. The first-order valence-electron chi connectivity index (χ1n) is 7.50. The minimum Gasteiger partial charge on any atom is -0.338 e. The van der Waals surface area contributed by atoms with Crippen molar-refractivity contribution >= 4 is 29.9 Å². The van der Waals surface area contributed by atoms with Gasteiger partial charge in [0.25, 0.3) is 0 Å². The van der Waals surface area contributed by atoms with Crippen LogP contribution < -0.4 is 10.6 Å². The van der Waals surface area contributed by atoms with Crippen molar-refractivity contribution in [2.24, 2.45) is 0 Å². The van der Waals surface area contributed by atoms with Gasteiger partial charge in [-0.05, 0) is 37.6 Å². The zero-order valence-electron chi connectivity index (χ0n) is 12.9. The van der Waals surface area contributed by atoms with Gasteiger partial charge in [-0.1, -0.05) is 12.1 Å². The highest BCUT2D eigenvalue weighted by molar-refractivity contribution is 5.90. The number of rotatable bonds is 6. The van der Waals surface area contributed by atoms with Crippen molar-refractivity contribution in [1.29, 1.82) is 0 Å². The normalized spacial score (nSPS) is 14.4. The van der Waals surface area contributed by atoms with Crippen LogP contribution in [-0.4, -0.2) is 36.9 Å². The second-order valence-corrected chi connectivity index (χ2v) is 5.37. The third kappa shape index (κ3) is 5.66. The maximum atomic E-state index is 11.8. The van der Waals surface area contributed by atoms with E-state index in [1.54, 1.807) is 0 Å². The molecule has 5 nitrogen and oxygen atoms in total. The molecule has 1 aromatic rings. The molecule has 0 bridgehead atoms. The highest BCUT2D eigenvalue weighted by atomic mass is 35.5. The van der Waals surface area contributed by atoms with E-state index in [9.17, 15) is 9.59 Å². The van der Waals surface area contributed by atoms with Crippen LogP contribution in [0.2, 0.25) is 0 Å². The van der Waals surface area contributed by atoms with Gasteiger partial charge in [0.2, 0.25) is 11.8 Å². The number of anilines is 1. The second-order valence-electron chi connectivity index (χ2n) is 5.37. The van der Waals surface area contributed by atoms with Crippen molar-refractivity contribution in [3.05, 3.63) is 29.8 Å². The Labute approximate surface area is 137 Å². The summed E-state index contributed by atoms with van der Waals surface area (Å²) in [5.74, 6) is 0.222. The lowest BCUT2D eigenvalue weighted by Crippen LogP contribution is -2.34. The molecule has 0 spiro atoms. The van der Waals surface area contributed by atoms with E-state index in [0.717, 1.165) is 30.6 Å². The van der Waals surface area contributed by atoms with E-state index < -0.39 is 0 Å². The summed E-state index contributed by atoms with van der Waals surface area (Å²) in [6.07, 6.45) is 3.18. The Bertz CT molecular complexity index is 508. The molecule has 0 unspecified atom stereocenters. The smallest absolute Gasteiger partial charge is 0.225 e. The predicted octanol–water partition coefficient (Wildman–Crippen LogP) is 2.17. The Morgan fingerprint density at radius 1 is 1.32 bits per heavy atom. The van der Waals surface area contributed by atoms with Crippen LogP contribution in [0.1, 0.15) is 31.2 Å². The largest absolute Gasteiger partial charge is 0.338 e. The number of benzene rings is 1. The molecule has 1 fully saturated rings. The number of likely N-dealkylation sites (tertiary alicyclic amines) is 1. The fourth-order valence-electron chi connectivity index (χ4n) is 2.46. The number of nitrogens with zero attached hydrogens (tertiary/aromatic N) is 1. The minimum absolute atomic E-state index is 0. The van der Waals surface area contributed by atoms with Gasteiger partial charge in [-0.2, -0.15) is 0 Å². The number of hydrogen-bond acceptors (Lipinski definition) is 3. The molecule has 0 aliphatic carbocycles. The first-order valence-corrected chi connectivity index (χ1v) is 7.50. The van der Waals surface area contributed by atoms with Crippen LogP contribution in [0, 0.1) is 0 Å². The van der Waals surface area contributed by atoms with Crippen molar-refractivity contribution in [2.75, 3.05) is 25.5 Å². The first kappa shape index (κ1) is 18.5. The molecule has 2 N–H and O–H groups in total. The summed E-state index contributed by atoms with van der Waals surface area (Å²) in [5.41, 5.74) is 1.84. The number of carbonyl (C=O) groups is 2. The molecular formula is C16H24ClN3O2. The van der Waals surface area contributed by atoms with Crippen LogP contribution in [0.3, 0.4) is 0 Å². The Balaban J connectivity index is 0.00000242. The molecule has 0 atom stereocenters. The van der Waals surface area contributed by atoms with E-state index in [0.29, 0.717) is 25.9 Å². The molecule has 1 aliphatic heterocycles. The van der Waals surface area contributed by atoms with Gasteiger partial charge in [-0.15, -0.1) is 12.4 Å². The van der Waals surface area contributed by atoms with Crippen molar-refractivity contribution in [3.8, 4) is 0 Å². The second kappa shape index (κ2) is 9.43. The fraction of sp³-hybridized carbons (Fsp3) is 0.500.